The summed E-state index contributed by atoms with van der Waals surface area (Å²) >= 11 is 13.0. The number of imidazole rings is 1. The summed E-state index contributed by atoms with van der Waals surface area (Å²) in [6.45, 7) is 7.70. The van der Waals surface area contributed by atoms with Crippen LogP contribution in [0.5, 0.6) is 0 Å². The molecule has 1 aromatic carbocycles. The molecule has 204 valence electrons. The van der Waals surface area contributed by atoms with Crippen molar-refractivity contribution in [2.24, 2.45) is 5.41 Å². The van der Waals surface area contributed by atoms with E-state index in [0.717, 1.165) is 59.4 Å². The predicted octanol–water partition coefficient (Wildman–Crippen LogP) is 6.52. The molecule has 6 rings (SSSR count). The van der Waals surface area contributed by atoms with Gasteiger partial charge in [0.15, 0.2) is 5.65 Å². The molecule has 1 spiro atoms. The second-order valence-corrected chi connectivity index (χ2v) is 15.1. The SMILES string of the molecule is CC(C)(C)[S@@+]([O-])N[C@H]1c2cccnc2CC12CCN(c1ncc(Sc3cccc(Cl)c3Cl)c3nccn13)CC2. The molecular formula is C28H30Cl2N6OS2. The van der Waals surface area contributed by atoms with Crippen LogP contribution >= 0.6 is 35.0 Å². The number of rotatable bonds is 5. The van der Waals surface area contributed by atoms with E-state index in [4.69, 9.17) is 33.2 Å². The summed E-state index contributed by atoms with van der Waals surface area (Å²) in [6, 6.07) is 9.75. The average Bonchev–Trinajstić information content (AvgIpc) is 3.51. The van der Waals surface area contributed by atoms with E-state index in [1.54, 1.807) is 12.3 Å². The van der Waals surface area contributed by atoms with Crippen molar-refractivity contribution in [1.29, 1.82) is 0 Å². The van der Waals surface area contributed by atoms with E-state index in [1.807, 2.05) is 62.0 Å². The van der Waals surface area contributed by atoms with Gasteiger partial charge in [0.25, 0.3) is 0 Å². The molecular weight excluding hydrogens is 571 g/mol. The Balaban J connectivity index is 1.25. The van der Waals surface area contributed by atoms with Crippen molar-refractivity contribution in [3.05, 3.63) is 76.4 Å². The number of aromatic nitrogens is 4. The highest BCUT2D eigenvalue weighted by Gasteiger charge is 2.51. The molecule has 0 bridgehead atoms. The van der Waals surface area contributed by atoms with Crippen LogP contribution in [0.3, 0.4) is 0 Å². The molecule has 0 radical (unpaired) electrons. The van der Waals surface area contributed by atoms with Crippen molar-refractivity contribution in [2.45, 2.75) is 60.6 Å². The third-order valence-electron chi connectivity index (χ3n) is 7.70. The van der Waals surface area contributed by atoms with Gasteiger partial charge < -0.3 is 9.45 Å². The average molecular weight is 602 g/mol. The van der Waals surface area contributed by atoms with Crippen molar-refractivity contribution < 1.29 is 4.55 Å². The summed E-state index contributed by atoms with van der Waals surface area (Å²) in [4.78, 5) is 18.3. The summed E-state index contributed by atoms with van der Waals surface area (Å²) < 4.78 is 18.4. The molecule has 0 saturated carbocycles. The van der Waals surface area contributed by atoms with Crippen LogP contribution in [0.25, 0.3) is 5.65 Å². The second-order valence-electron chi connectivity index (χ2n) is 11.2. The third kappa shape index (κ3) is 5.02. The highest BCUT2D eigenvalue weighted by molar-refractivity contribution is 7.99. The van der Waals surface area contributed by atoms with Gasteiger partial charge in [-0.2, -0.15) is 0 Å². The van der Waals surface area contributed by atoms with E-state index in [0.29, 0.717) is 10.0 Å². The summed E-state index contributed by atoms with van der Waals surface area (Å²) in [5.74, 6) is 0.871. The number of hydrogen-bond donors (Lipinski definition) is 1. The van der Waals surface area contributed by atoms with E-state index in [9.17, 15) is 4.55 Å². The number of anilines is 1. The summed E-state index contributed by atoms with van der Waals surface area (Å²) in [5, 5.41) is 1.05. The van der Waals surface area contributed by atoms with Crippen LogP contribution in [0.15, 0.2) is 64.9 Å². The Hall–Kier alpha value is -2.01. The minimum atomic E-state index is -1.18. The van der Waals surface area contributed by atoms with Crippen molar-refractivity contribution in [3.8, 4) is 0 Å². The first-order valence-electron chi connectivity index (χ1n) is 13.0. The highest BCUT2D eigenvalue weighted by Crippen LogP contribution is 2.52. The number of halogens is 2. The number of fused-ring (bicyclic) bond motifs is 2. The first kappa shape index (κ1) is 27.2. The van der Waals surface area contributed by atoms with Crippen LogP contribution in [0.1, 0.15) is 50.9 Å². The van der Waals surface area contributed by atoms with Gasteiger partial charge in [-0.1, -0.05) is 47.1 Å². The zero-order valence-electron chi connectivity index (χ0n) is 22.0. The maximum absolute atomic E-state index is 13.2. The largest absolute Gasteiger partial charge is 0.598 e. The molecule has 4 heterocycles. The van der Waals surface area contributed by atoms with Gasteiger partial charge in [0.1, 0.15) is 4.75 Å². The Morgan fingerprint density at radius 2 is 1.85 bits per heavy atom. The quantitative estimate of drug-likeness (QED) is 0.261. The lowest BCUT2D eigenvalue weighted by atomic mass is 9.73. The van der Waals surface area contributed by atoms with Crippen molar-refractivity contribution >= 4 is 57.9 Å². The fraction of sp³-hybridized carbons (Fsp3) is 0.393. The molecule has 0 amide bonds. The lowest BCUT2D eigenvalue weighted by Crippen LogP contribution is -2.50. The standard InChI is InChI=1S/C28H30Cl2N6OS2/c1-27(2,3)39(37)34-24-18-6-5-11-31-20(18)16-28(24)9-13-35(14-10-28)26-33-17-22(25-32-12-15-36(25)26)38-21-8-4-7-19(29)23(21)30/h4-8,11-12,15,17,24,34H,9-10,13-14,16H2,1-3H3/t24-,39+/m0/s1. The molecule has 1 fully saturated rings. The molecule has 7 nitrogen and oxygen atoms in total. The number of nitrogens with zero attached hydrogens (tertiary/aromatic N) is 5. The first-order chi connectivity index (χ1) is 18.7. The lowest BCUT2D eigenvalue weighted by molar-refractivity contribution is 0.175. The molecule has 2 aliphatic rings. The van der Waals surface area contributed by atoms with Crippen LogP contribution in [0.2, 0.25) is 10.0 Å². The monoisotopic (exact) mass is 600 g/mol. The number of hydrogen-bond acceptors (Lipinski definition) is 7. The van der Waals surface area contributed by atoms with E-state index in [-0.39, 0.29) is 16.2 Å². The predicted molar refractivity (Wildman–Crippen MR) is 159 cm³/mol. The lowest BCUT2D eigenvalue weighted by Gasteiger charge is -2.44. The molecule has 0 unspecified atom stereocenters. The highest BCUT2D eigenvalue weighted by atomic mass is 35.5. The molecule has 11 heteroatoms. The minimum Gasteiger partial charge on any atom is -0.598 e. The Labute approximate surface area is 246 Å². The zero-order chi connectivity index (χ0) is 27.4. The van der Waals surface area contributed by atoms with Crippen LogP contribution in [0, 0.1) is 5.41 Å². The normalized spacial score (nSPS) is 19.5. The smallest absolute Gasteiger partial charge is 0.211 e. The van der Waals surface area contributed by atoms with Gasteiger partial charge in [-0.25, -0.2) is 9.97 Å². The van der Waals surface area contributed by atoms with Gasteiger partial charge >= 0.3 is 0 Å². The van der Waals surface area contributed by atoms with Gasteiger partial charge in [0.05, 0.1) is 21.0 Å². The maximum atomic E-state index is 13.2. The fourth-order valence-corrected chi connectivity index (χ4v) is 7.93. The van der Waals surface area contributed by atoms with Gasteiger partial charge in [-0.15, -0.1) is 4.72 Å². The van der Waals surface area contributed by atoms with Gasteiger partial charge in [0, 0.05) is 65.2 Å². The van der Waals surface area contributed by atoms with Gasteiger partial charge in [-0.3, -0.25) is 9.38 Å². The number of nitrogens with one attached hydrogen (secondary N) is 1. The topological polar surface area (TPSA) is 81.4 Å². The maximum Gasteiger partial charge on any atom is 0.211 e. The Morgan fingerprint density at radius 1 is 1.05 bits per heavy atom. The van der Waals surface area contributed by atoms with Crippen molar-refractivity contribution in [2.75, 3.05) is 18.0 Å². The van der Waals surface area contributed by atoms with Crippen LogP contribution in [-0.2, 0) is 17.8 Å². The Morgan fingerprint density at radius 3 is 2.62 bits per heavy atom. The van der Waals surface area contributed by atoms with Crippen molar-refractivity contribution in [1.82, 2.24) is 24.1 Å². The second kappa shape index (κ2) is 10.4. The fourth-order valence-electron chi connectivity index (χ4n) is 5.59. The molecule has 1 aliphatic heterocycles. The van der Waals surface area contributed by atoms with E-state index < -0.39 is 11.4 Å². The van der Waals surface area contributed by atoms with E-state index >= 15 is 0 Å². The summed E-state index contributed by atoms with van der Waals surface area (Å²) in [6.07, 6.45) is 10.3. The first-order valence-corrected chi connectivity index (χ1v) is 15.7. The Bertz CT molecular complexity index is 1520. The number of benzene rings is 1. The summed E-state index contributed by atoms with van der Waals surface area (Å²) in [5.41, 5.74) is 3.09. The molecule has 1 saturated heterocycles. The Kier molecular flexibility index (Phi) is 7.27. The zero-order valence-corrected chi connectivity index (χ0v) is 25.2. The third-order valence-corrected chi connectivity index (χ3v) is 11.3. The van der Waals surface area contributed by atoms with Gasteiger partial charge in [0.2, 0.25) is 5.95 Å². The molecule has 39 heavy (non-hydrogen) atoms. The molecule has 1 N–H and O–H groups in total. The summed E-state index contributed by atoms with van der Waals surface area (Å²) in [7, 11) is 0. The van der Waals surface area contributed by atoms with Crippen LogP contribution in [0.4, 0.5) is 5.95 Å². The molecule has 2 atom stereocenters. The van der Waals surface area contributed by atoms with Crippen LogP contribution in [-0.4, -0.2) is 41.7 Å². The van der Waals surface area contributed by atoms with Gasteiger partial charge in [-0.05, 0) is 63.8 Å². The molecule has 4 aromatic rings. The van der Waals surface area contributed by atoms with Crippen molar-refractivity contribution in [3.63, 3.8) is 0 Å². The number of pyridine rings is 1. The van der Waals surface area contributed by atoms with E-state index in [2.05, 4.69) is 20.7 Å². The molecule has 3 aromatic heterocycles. The minimum absolute atomic E-state index is 0.00542. The number of piperidine rings is 1. The van der Waals surface area contributed by atoms with Crippen LogP contribution < -0.4 is 9.62 Å². The van der Waals surface area contributed by atoms with E-state index in [1.165, 1.54) is 17.3 Å². The molecule has 1 aliphatic carbocycles.